The van der Waals surface area contributed by atoms with E-state index in [2.05, 4.69) is 5.32 Å². The molecule has 1 saturated carbocycles. The minimum atomic E-state index is -0.394. The second-order valence-electron chi connectivity index (χ2n) is 5.01. The second kappa shape index (κ2) is 7.71. The molecule has 0 heterocycles. The van der Waals surface area contributed by atoms with Crippen LogP contribution in [0.4, 0.5) is 0 Å². The van der Waals surface area contributed by atoms with Crippen molar-refractivity contribution in [3.63, 3.8) is 0 Å². The molecule has 0 atom stereocenters. The summed E-state index contributed by atoms with van der Waals surface area (Å²) in [4.78, 5) is 12.3. The number of nitrogens with two attached hydrogens (primary N) is 1. The Morgan fingerprint density at radius 3 is 2.22 bits per heavy atom. The molecule has 3 N–H and O–H groups in total. The molecule has 0 radical (unpaired) electrons. The number of hydrogen-bond acceptors (Lipinski definition) is 4. The van der Waals surface area contributed by atoms with Gasteiger partial charge in [-0.05, 0) is 12.8 Å². The van der Waals surface area contributed by atoms with Gasteiger partial charge in [-0.3, -0.25) is 4.79 Å². The number of amides is 1. The van der Waals surface area contributed by atoms with Crippen molar-refractivity contribution in [2.45, 2.75) is 44.8 Å². The maximum atomic E-state index is 12.3. The predicted molar refractivity (Wildman–Crippen MR) is 70.0 cm³/mol. The van der Waals surface area contributed by atoms with E-state index in [1.54, 1.807) is 14.2 Å². The van der Waals surface area contributed by atoms with E-state index in [0.717, 1.165) is 25.7 Å². The summed E-state index contributed by atoms with van der Waals surface area (Å²) in [5.41, 5.74) is 5.47. The van der Waals surface area contributed by atoms with E-state index >= 15 is 0 Å². The smallest absolute Gasteiger partial charge is 0.227 e. The average Bonchev–Trinajstić information content (AvgIpc) is 2.66. The fourth-order valence-corrected chi connectivity index (χ4v) is 2.56. The number of hydrogen-bond donors (Lipinski definition) is 2. The summed E-state index contributed by atoms with van der Waals surface area (Å²) in [5.74, 6) is 0.0472. The van der Waals surface area contributed by atoms with Gasteiger partial charge in [-0.25, -0.2) is 0 Å². The normalized spacial score (nSPS) is 19.6. The number of ether oxygens (including phenoxy) is 2. The van der Waals surface area contributed by atoms with Gasteiger partial charge >= 0.3 is 0 Å². The zero-order valence-electron chi connectivity index (χ0n) is 11.5. The molecule has 1 rings (SSSR count). The van der Waals surface area contributed by atoms with E-state index in [4.69, 9.17) is 15.2 Å². The molecule has 5 nitrogen and oxygen atoms in total. The van der Waals surface area contributed by atoms with Crippen LogP contribution in [0.3, 0.4) is 0 Å². The van der Waals surface area contributed by atoms with Gasteiger partial charge in [-0.15, -0.1) is 0 Å². The lowest BCUT2D eigenvalue weighted by Gasteiger charge is -2.30. The molecule has 1 amide bonds. The molecule has 0 aromatic rings. The third-order valence-corrected chi connectivity index (χ3v) is 3.89. The van der Waals surface area contributed by atoms with Gasteiger partial charge in [0.05, 0.1) is 12.0 Å². The molecule has 1 aliphatic carbocycles. The summed E-state index contributed by atoms with van der Waals surface area (Å²) >= 11 is 0. The Hall–Kier alpha value is -0.650. The van der Waals surface area contributed by atoms with Crippen LogP contribution in [0.15, 0.2) is 0 Å². The highest BCUT2D eigenvalue weighted by molar-refractivity contribution is 5.82. The van der Waals surface area contributed by atoms with Crippen LogP contribution in [-0.4, -0.2) is 39.5 Å². The van der Waals surface area contributed by atoms with Crippen LogP contribution in [-0.2, 0) is 14.3 Å². The van der Waals surface area contributed by atoms with Gasteiger partial charge < -0.3 is 20.5 Å². The maximum Gasteiger partial charge on any atom is 0.227 e. The van der Waals surface area contributed by atoms with Gasteiger partial charge in [0.15, 0.2) is 6.29 Å². The van der Waals surface area contributed by atoms with Crippen molar-refractivity contribution in [1.29, 1.82) is 0 Å². The Bertz CT molecular complexity index is 247. The van der Waals surface area contributed by atoms with Crippen LogP contribution in [0, 0.1) is 5.41 Å². The van der Waals surface area contributed by atoms with Gasteiger partial charge in [0.2, 0.25) is 5.91 Å². The lowest BCUT2D eigenvalue weighted by atomic mass is 9.79. The van der Waals surface area contributed by atoms with Crippen LogP contribution in [0.5, 0.6) is 0 Å². The molecule has 18 heavy (non-hydrogen) atoms. The van der Waals surface area contributed by atoms with Crippen molar-refractivity contribution in [1.82, 2.24) is 5.32 Å². The van der Waals surface area contributed by atoms with Crippen LogP contribution < -0.4 is 11.1 Å². The summed E-state index contributed by atoms with van der Waals surface area (Å²) in [6, 6.07) is 0. The van der Waals surface area contributed by atoms with Gasteiger partial charge in [0, 0.05) is 20.8 Å². The van der Waals surface area contributed by atoms with Gasteiger partial charge in [-0.1, -0.05) is 25.7 Å². The summed E-state index contributed by atoms with van der Waals surface area (Å²) in [7, 11) is 3.12. The standard InChI is InChI=1S/C13H26N2O3/c1-17-11(18-2)9-15-12(16)13(10-14)7-5-3-4-6-8-13/h11H,3-10,14H2,1-2H3,(H,15,16). The summed E-state index contributed by atoms with van der Waals surface area (Å²) in [5, 5.41) is 2.90. The van der Waals surface area contributed by atoms with Crippen molar-refractivity contribution in [3.05, 3.63) is 0 Å². The Labute approximate surface area is 109 Å². The van der Waals surface area contributed by atoms with Crippen LogP contribution in [0.2, 0.25) is 0 Å². The number of methoxy groups -OCH3 is 2. The number of rotatable bonds is 6. The summed E-state index contributed by atoms with van der Waals surface area (Å²) in [6.45, 7) is 0.789. The molecule has 0 bridgehead atoms. The molecule has 1 aliphatic rings. The van der Waals surface area contributed by atoms with Gasteiger partial charge in [-0.2, -0.15) is 0 Å². The van der Waals surface area contributed by atoms with Crippen molar-refractivity contribution in [3.8, 4) is 0 Å². The topological polar surface area (TPSA) is 73.6 Å². The first-order valence-electron chi connectivity index (χ1n) is 6.72. The average molecular weight is 258 g/mol. The monoisotopic (exact) mass is 258 g/mol. The van der Waals surface area contributed by atoms with Crippen LogP contribution >= 0.6 is 0 Å². The molecule has 0 spiro atoms. The number of carbonyl (C=O) groups excluding carboxylic acids is 1. The minimum Gasteiger partial charge on any atom is -0.354 e. The van der Waals surface area contributed by atoms with Crippen LogP contribution in [0.1, 0.15) is 38.5 Å². The molecule has 0 saturated heterocycles. The fourth-order valence-electron chi connectivity index (χ4n) is 2.56. The highest BCUT2D eigenvalue weighted by Crippen LogP contribution is 2.34. The maximum absolute atomic E-state index is 12.3. The predicted octanol–water partition coefficient (Wildman–Crippen LogP) is 1.02. The first kappa shape index (κ1) is 15.4. The summed E-state index contributed by atoms with van der Waals surface area (Å²) < 4.78 is 10.1. The third-order valence-electron chi connectivity index (χ3n) is 3.89. The molecule has 0 aromatic heterocycles. The fraction of sp³-hybridized carbons (Fsp3) is 0.923. The lowest BCUT2D eigenvalue weighted by molar-refractivity contribution is -0.136. The number of carbonyl (C=O) groups is 1. The van der Waals surface area contributed by atoms with Crippen LogP contribution in [0.25, 0.3) is 0 Å². The minimum absolute atomic E-state index is 0.0472. The molecule has 1 fully saturated rings. The van der Waals surface area contributed by atoms with E-state index in [-0.39, 0.29) is 11.3 Å². The molecule has 0 unspecified atom stereocenters. The van der Waals surface area contributed by atoms with Crippen molar-refractivity contribution in [2.75, 3.05) is 27.3 Å². The third kappa shape index (κ3) is 3.93. The molecule has 0 aromatic carbocycles. The Morgan fingerprint density at radius 1 is 1.22 bits per heavy atom. The van der Waals surface area contributed by atoms with E-state index in [9.17, 15) is 4.79 Å². The van der Waals surface area contributed by atoms with E-state index in [1.165, 1.54) is 12.8 Å². The quantitative estimate of drug-likeness (QED) is 0.551. The Balaban J connectivity index is 2.55. The lowest BCUT2D eigenvalue weighted by Crippen LogP contribution is -2.48. The molecule has 0 aliphatic heterocycles. The van der Waals surface area contributed by atoms with Crippen molar-refractivity contribution in [2.24, 2.45) is 11.1 Å². The SMILES string of the molecule is COC(CNC(=O)C1(CN)CCCCCC1)OC. The van der Waals surface area contributed by atoms with Gasteiger partial charge in [0.25, 0.3) is 0 Å². The number of nitrogens with one attached hydrogen (secondary N) is 1. The molecular weight excluding hydrogens is 232 g/mol. The highest BCUT2D eigenvalue weighted by atomic mass is 16.7. The van der Waals surface area contributed by atoms with Crippen molar-refractivity contribution < 1.29 is 14.3 Å². The Morgan fingerprint density at radius 2 is 1.78 bits per heavy atom. The first-order valence-corrected chi connectivity index (χ1v) is 6.72. The largest absolute Gasteiger partial charge is 0.354 e. The molecule has 5 heteroatoms. The summed E-state index contributed by atoms with van der Waals surface area (Å²) in [6.07, 6.45) is 5.96. The highest BCUT2D eigenvalue weighted by Gasteiger charge is 2.37. The Kier molecular flexibility index (Phi) is 6.60. The van der Waals surface area contributed by atoms with Crippen molar-refractivity contribution >= 4 is 5.91 Å². The molecular formula is C13H26N2O3. The van der Waals surface area contributed by atoms with E-state index in [1.807, 2.05) is 0 Å². The second-order valence-corrected chi connectivity index (χ2v) is 5.01. The van der Waals surface area contributed by atoms with E-state index in [0.29, 0.717) is 13.1 Å². The van der Waals surface area contributed by atoms with Gasteiger partial charge in [0.1, 0.15) is 0 Å². The first-order chi connectivity index (χ1) is 8.68. The van der Waals surface area contributed by atoms with E-state index < -0.39 is 6.29 Å². The molecule has 106 valence electrons. The zero-order chi connectivity index (χ0) is 13.4. The zero-order valence-corrected chi connectivity index (χ0v) is 11.5.